The Morgan fingerprint density at radius 2 is 1.96 bits per heavy atom. The second-order valence-corrected chi connectivity index (χ2v) is 6.31. The summed E-state index contributed by atoms with van der Waals surface area (Å²) in [5, 5.41) is 0. The fourth-order valence-corrected chi connectivity index (χ4v) is 3.02. The number of benzene rings is 1. The number of nitrogens with zero attached hydrogens (tertiary/aromatic N) is 3. The van der Waals surface area contributed by atoms with Crippen LogP contribution in [0.15, 0.2) is 59.4 Å². The number of halogens is 1. The highest BCUT2D eigenvalue weighted by Gasteiger charge is 2.29. The Morgan fingerprint density at radius 3 is 2.74 bits per heavy atom. The van der Waals surface area contributed by atoms with Gasteiger partial charge >= 0.3 is 0 Å². The maximum atomic E-state index is 13.0. The van der Waals surface area contributed by atoms with Crippen LogP contribution in [0.4, 0.5) is 4.39 Å². The Bertz CT molecular complexity index is 912. The van der Waals surface area contributed by atoms with Crippen LogP contribution in [0, 0.1) is 5.82 Å². The molecule has 138 valence electrons. The summed E-state index contributed by atoms with van der Waals surface area (Å²) in [4.78, 5) is 22.6. The first-order valence-corrected chi connectivity index (χ1v) is 8.69. The number of ether oxygens (including phenoxy) is 1. The van der Waals surface area contributed by atoms with Gasteiger partial charge in [-0.2, -0.15) is 0 Å². The zero-order valence-corrected chi connectivity index (χ0v) is 14.5. The molecule has 1 saturated heterocycles. The zero-order valence-electron chi connectivity index (χ0n) is 14.5. The van der Waals surface area contributed by atoms with Gasteiger partial charge in [-0.1, -0.05) is 12.1 Å². The highest BCUT2D eigenvalue weighted by molar-refractivity contribution is 5.94. The minimum atomic E-state index is -0.411. The van der Waals surface area contributed by atoms with Gasteiger partial charge in [0.05, 0.1) is 19.3 Å². The number of pyridine rings is 1. The lowest BCUT2D eigenvalue weighted by Crippen LogP contribution is -2.42. The van der Waals surface area contributed by atoms with E-state index in [0.717, 1.165) is 5.56 Å². The van der Waals surface area contributed by atoms with E-state index in [0.29, 0.717) is 43.3 Å². The van der Waals surface area contributed by atoms with Crippen molar-refractivity contribution in [2.75, 3.05) is 19.7 Å². The van der Waals surface area contributed by atoms with Crippen molar-refractivity contribution in [1.82, 2.24) is 14.9 Å². The normalized spacial score (nSPS) is 17.1. The van der Waals surface area contributed by atoms with Crippen LogP contribution in [-0.2, 0) is 11.2 Å². The fourth-order valence-electron chi connectivity index (χ4n) is 3.02. The van der Waals surface area contributed by atoms with Crippen molar-refractivity contribution in [2.45, 2.75) is 12.5 Å². The first kappa shape index (κ1) is 17.4. The lowest BCUT2D eigenvalue weighted by Gasteiger charge is -2.31. The predicted molar refractivity (Wildman–Crippen MR) is 94.5 cm³/mol. The van der Waals surface area contributed by atoms with Crippen LogP contribution in [0.2, 0.25) is 0 Å². The number of aromatic nitrogens is 2. The largest absolute Gasteiger partial charge is 0.442 e. The molecule has 0 saturated carbocycles. The van der Waals surface area contributed by atoms with Gasteiger partial charge in [-0.25, -0.2) is 9.37 Å². The number of amides is 1. The number of rotatable bonds is 4. The molecule has 1 aromatic carbocycles. The van der Waals surface area contributed by atoms with E-state index in [1.807, 2.05) is 0 Å². The van der Waals surface area contributed by atoms with Crippen molar-refractivity contribution in [3.63, 3.8) is 0 Å². The van der Waals surface area contributed by atoms with Crippen LogP contribution in [0.5, 0.6) is 0 Å². The first-order chi connectivity index (χ1) is 13.2. The quantitative estimate of drug-likeness (QED) is 0.709. The molecule has 0 radical (unpaired) electrons. The molecule has 6 nitrogen and oxygen atoms in total. The molecule has 3 aromatic rings. The van der Waals surface area contributed by atoms with Crippen LogP contribution < -0.4 is 0 Å². The van der Waals surface area contributed by atoms with Gasteiger partial charge in [0.15, 0.2) is 6.10 Å². The summed E-state index contributed by atoms with van der Waals surface area (Å²) in [6.45, 7) is 1.30. The van der Waals surface area contributed by atoms with Gasteiger partial charge in [-0.15, -0.1) is 0 Å². The van der Waals surface area contributed by atoms with Crippen LogP contribution >= 0.6 is 0 Å². The summed E-state index contributed by atoms with van der Waals surface area (Å²) in [6.07, 6.45) is 4.94. The molecule has 0 aliphatic carbocycles. The Morgan fingerprint density at radius 1 is 1.19 bits per heavy atom. The summed E-state index contributed by atoms with van der Waals surface area (Å²) in [5.41, 5.74) is 1.52. The Balaban J connectivity index is 1.43. The smallest absolute Gasteiger partial charge is 0.254 e. The highest BCUT2D eigenvalue weighted by Crippen LogP contribution is 2.24. The summed E-state index contributed by atoms with van der Waals surface area (Å²) < 4.78 is 24.6. The molecule has 2 aromatic heterocycles. The van der Waals surface area contributed by atoms with E-state index in [1.54, 1.807) is 47.8 Å². The van der Waals surface area contributed by atoms with Crippen LogP contribution in [0.25, 0.3) is 0 Å². The molecule has 3 heterocycles. The van der Waals surface area contributed by atoms with Gasteiger partial charge in [-0.3, -0.25) is 9.78 Å². The van der Waals surface area contributed by atoms with E-state index < -0.39 is 6.10 Å². The predicted octanol–water partition coefficient (Wildman–Crippen LogP) is 3.01. The van der Waals surface area contributed by atoms with E-state index in [-0.39, 0.29) is 11.7 Å². The third-order valence-corrected chi connectivity index (χ3v) is 4.42. The molecule has 0 bridgehead atoms. The number of morpholine rings is 1. The molecule has 7 heteroatoms. The van der Waals surface area contributed by atoms with Gasteiger partial charge in [0.25, 0.3) is 5.91 Å². The second kappa shape index (κ2) is 7.67. The number of hydrogen-bond donors (Lipinski definition) is 0. The standard InChI is InChI=1S/C20H18FN3O3/c21-16-3-1-14(2-4-16)11-17-12-23-19(27-17)18-13-24(9-10-26-18)20(25)15-5-7-22-8-6-15/h1-8,12,18H,9-11,13H2/t18-/m1/s1. The highest BCUT2D eigenvalue weighted by atomic mass is 19.1. The maximum Gasteiger partial charge on any atom is 0.254 e. The molecular formula is C20H18FN3O3. The van der Waals surface area contributed by atoms with E-state index >= 15 is 0 Å². The number of carbonyl (C=O) groups excluding carboxylic acids is 1. The number of carbonyl (C=O) groups is 1. The van der Waals surface area contributed by atoms with E-state index in [1.165, 1.54) is 12.1 Å². The van der Waals surface area contributed by atoms with Gasteiger partial charge < -0.3 is 14.1 Å². The summed E-state index contributed by atoms with van der Waals surface area (Å²) >= 11 is 0. The Labute approximate surface area is 155 Å². The fraction of sp³-hybridized carbons (Fsp3) is 0.250. The molecule has 1 fully saturated rings. The van der Waals surface area contributed by atoms with Crippen molar-refractivity contribution in [3.05, 3.63) is 83.6 Å². The second-order valence-electron chi connectivity index (χ2n) is 6.31. The third kappa shape index (κ3) is 4.03. The maximum absolute atomic E-state index is 13.0. The van der Waals surface area contributed by atoms with Gasteiger partial charge in [0.1, 0.15) is 11.6 Å². The minimum Gasteiger partial charge on any atom is -0.442 e. The Kier molecular flexibility index (Phi) is 4.93. The molecule has 1 amide bonds. The molecule has 0 unspecified atom stereocenters. The van der Waals surface area contributed by atoms with E-state index in [9.17, 15) is 9.18 Å². The van der Waals surface area contributed by atoms with Crippen molar-refractivity contribution < 1.29 is 18.3 Å². The number of oxazole rings is 1. The van der Waals surface area contributed by atoms with E-state index in [4.69, 9.17) is 9.15 Å². The van der Waals surface area contributed by atoms with Crippen molar-refractivity contribution in [2.24, 2.45) is 0 Å². The molecule has 4 rings (SSSR count). The summed E-state index contributed by atoms with van der Waals surface area (Å²) in [7, 11) is 0. The SMILES string of the molecule is O=C(c1ccncc1)N1CCO[C@@H](c2ncc(Cc3ccc(F)cc3)o2)C1. The van der Waals surface area contributed by atoms with Crippen LogP contribution in [0.3, 0.4) is 0 Å². The zero-order chi connectivity index (χ0) is 18.6. The van der Waals surface area contributed by atoms with Gasteiger partial charge in [0, 0.05) is 30.9 Å². The molecule has 1 aliphatic rings. The van der Waals surface area contributed by atoms with Crippen molar-refractivity contribution in [1.29, 1.82) is 0 Å². The minimum absolute atomic E-state index is 0.0659. The molecular weight excluding hydrogens is 349 g/mol. The van der Waals surface area contributed by atoms with Gasteiger partial charge in [-0.05, 0) is 29.8 Å². The molecule has 27 heavy (non-hydrogen) atoms. The average Bonchev–Trinajstić information content (AvgIpc) is 3.18. The molecule has 0 spiro atoms. The average molecular weight is 367 g/mol. The molecule has 1 atom stereocenters. The summed E-state index contributed by atoms with van der Waals surface area (Å²) in [6, 6.07) is 9.64. The number of hydrogen-bond acceptors (Lipinski definition) is 5. The topological polar surface area (TPSA) is 68.5 Å². The lowest BCUT2D eigenvalue weighted by molar-refractivity contribution is -0.0349. The first-order valence-electron chi connectivity index (χ1n) is 8.69. The monoisotopic (exact) mass is 367 g/mol. The van der Waals surface area contributed by atoms with Gasteiger partial charge in [0.2, 0.25) is 5.89 Å². The third-order valence-electron chi connectivity index (χ3n) is 4.42. The van der Waals surface area contributed by atoms with Crippen LogP contribution in [-0.4, -0.2) is 40.5 Å². The van der Waals surface area contributed by atoms with Crippen molar-refractivity contribution >= 4 is 5.91 Å². The summed E-state index contributed by atoms with van der Waals surface area (Å²) in [5.74, 6) is 0.771. The van der Waals surface area contributed by atoms with Crippen molar-refractivity contribution in [3.8, 4) is 0 Å². The van der Waals surface area contributed by atoms with Crippen LogP contribution in [0.1, 0.15) is 33.7 Å². The Hall–Kier alpha value is -3.06. The molecule has 1 aliphatic heterocycles. The molecule has 0 N–H and O–H groups in total. The van der Waals surface area contributed by atoms with E-state index in [2.05, 4.69) is 9.97 Å². The lowest BCUT2D eigenvalue weighted by atomic mass is 10.1.